The fraction of sp³-hybridized carbons (Fsp3) is 0.294. The molecule has 4 nitrogen and oxygen atoms in total. The average molecular weight is 280 g/mol. The second kappa shape index (κ2) is 8.03. The third kappa shape index (κ3) is 4.90. The van der Waals surface area contributed by atoms with E-state index in [9.17, 15) is 0 Å². The SMILES string of the molecule is Cc1cc(NCCCNCc2cccnc2)ccc1C#N. The molecule has 21 heavy (non-hydrogen) atoms. The van der Waals surface area contributed by atoms with Gasteiger partial charge in [0.2, 0.25) is 0 Å². The van der Waals surface area contributed by atoms with Gasteiger partial charge >= 0.3 is 0 Å². The number of hydrogen-bond donors (Lipinski definition) is 2. The molecular formula is C17H20N4. The van der Waals surface area contributed by atoms with Gasteiger partial charge in [-0.3, -0.25) is 4.98 Å². The molecule has 1 aromatic carbocycles. The van der Waals surface area contributed by atoms with Crippen LogP contribution in [0.3, 0.4) is 0 Å². The summed E-state index contributed by atoms with van der Waals surface area (Å²) in [6, 6.07) is 12.0. The largest absolute Gasteiger partial charge is 0.385 e. The minimum Gasteiger partial charge on any atom is -0.385 e. The van der Waals surface area contributed by atoms with Crippen LogP contribution in [-0.4, -0.2) is 18.1 Å². The lowest BCUT2D eigenvalue weighted by Crippen LogP contribution is -2.17. The van der Waals surface area contributed by atoms with E-state index in [1.54, 1.807) is 6.20 Å². The van der Waals surface area contributed by atoms with Crippen LogP contribution in [0.5, 0.6) is 0 Å². The van der Waals surface area contributed by atoms with Crippen LogP contribution in [-0.2, 0) is 6.54 Å². The first-order valence-corrected chi connectivity index (χ1v) is 7.14. The minimum absolute atomic E-state index is 0.735. The Balaban J connectivity index is 1.64. The number of nitriles is 1. The topological polar surface area (TPSA) is 60.7 Å². The standard InChI is InChI=1S/C17H20N4/c1-14-10-17(6-5-16(14)11-18)21-9-3-8-20-13-15-4-2-7-19-12-15/h2,4-7,10,12,20-21H,3,8-9,13H2,1H3. The van der Waals surface area contributed by atoms with Gasteiger partial charge in [0.25, 0.3) is 0 Å². The van der Waals surface area contributed by atoms with E-state index in [0.29, 0.717) is 0 Å². The molecule has 0 radical (unpaired) electrons. The molecule has 0 spiro atoms. The van der Waals surface area contributed by atoms with Crippen LogP contribution in [0.2, 0.25) is 0 Å². The summed E-state index contributed by atoms with van der Waals surface area (Å²) < 4.78 is 0. The smallest absolute Gasteiger partial charge is 0.0994 e. The molecule has 0 aliphatic rings. The molecule has 2 N–H and O–H groups in total. The van der Waals surface area contributed by atoms with Gasteiger partial charge < -0.3 is 10.6 Å². The van der Waals surface area contributed by atoms with Gasteiger partial charge in [0.15, 0.2) is 0 Å². The van der Waals surface area contributed by atoms with Crippen molar-refractivity contribution in [1.29, 1.82) is 5.26 Å². The van der Waals surface area contributed by atoms with Gasteiger partial charge in [0.05, 0.1) is 11.6 Å². The van der Waals surface area contributed by atoms with E-state index >= 15 is 0 Å². The lowest BCUT2D eigenvalue weighted by molar-refractivity contribution is 0.662. The number of aryl methyl sites for hydroxylation is 1. The number of rotatable bonds is 7. The average Bonchev–Trinajstić information content (AvgIpc) is 2.52. The highest BCUT2D eigenvalue weighted by Crippen LogP contribution is 2.14. The van der Waals surface area contributed by atoms with Gasteiger partial charge in [-0.15, -0.1) is 0 Å². The van der Waals surface area contributed by atoms with E-state index in [-0.39, 0.29) is 0 Å². The Morgan fingerprint density at radius 3 is 2.86 bits per heavy atom. The van der Waals surface area contributed by atoms with Crippen molar-refractivity contribution in [2.24, 2.45) is 0 Å². The Hall–Kier alpha value is -2.38. The normalized spacial score (nSPS) is 10.1. The van der Waals surface area contributed by atoms with E-state index in [1.165, 1.54) is 5.56 Å². The van der Waals surface area contributed by atoms with E-state index in [4.69, 9.17) is 5.26 Å². The molecule has 0 saturated heterocycles. The summed E-state index contributed by atoms with van der Waals surface area (Å²) in [4.78, 5) is 4.09. The Kier molecular flexibility index (Phi) is 5.74. The zero-order chi connectivity index (χ0) is 14.9. The number of hydrogen-bond acceptors (Lipinski definition) is 4. The second-order valence-corrected chi connectivity index (χ2v) is 4.96. The highest BCUT2D eigenvalue weighted by molar-refractivity contribution is 5.51. The molecular weight excluding hydrogens is 260 g/mol. The predicted molar refractivity (Wildman–Crippen MR) is 84.9 cm³/mol. The zero-order valence-corrected chi connectivity index (χ0v) is 12.3. The molecule has 1 heterocycles. The fourth-order valence-electron chi connectivity index (χ4n) is 2.08. The fourth-order valence-corrected chi connectivity index (χ4v) is 2.08. The number of benzene rings is 1. The summed E-state index contributed by atoms with van der Waals surface area (Å²) in [5.74, 6) is 0. The molecule has 0 bridgehead atoms. The summed E-state index contributed by atoms with van der Waals surface area (Å²) in [6.45, 7) is 4.67. The second-order valence-electron chi connectivity index (χ2n) is 4.96. The highest BCUT2D eigenvalue weighted by atomic mass is 14.9. The van der Waals surface area contributed by atoms with Crippen molar-refractivity contribution in [2.45, 2.75) is 19.9 Å². The number of pyridine rings is 1. The summed E-state index contributed by atoms with van der Waals surface area (Å²) in [5.41, 5.74) is 4.02. The number of aromatic nitrogens is 1. The Morgan fingerprint density at radius 2 is 2.14 bits per heavy atom. The van der Waals surface area contributed by atoms with Crippen LogP contribution in [0, 0.1) is 18.3 Å². The quantitative estimate of drug-likeness (QED) is 0.766. The van der Waals surface area contributed by atoms with Gasteiger partial charge in [-0.2, -0.15) is 5.26 Å². The van der Waals surface area contributed by atoms with Gasteiger partial charge in [-0.05, 0) is 55.3 Å². The third-order valence-electron chi connectivity index (χ3n) is 3.26. The molecule has 0 amide bonds. The summed E-state index contributed by atoms with van der Waals surface area (Å²) in [6.07, 6.45) is 4.71. The van der Waals surface area contributed by atoms with Gasteiger partial charge in [0, 0.05) is 31.2 Å². The molecule has 0 aliphatic heterocycles. The highest BCUT2D eigenvalue weighted by Gasteiger charge is 1.98. The number of anilines is 1. The van der Waals surface area contributed by atoms with Crippen molar-refractivity contribution in [3.05, 3.63) is 59.4 Å². The van der Waals surface area contributed by atoms with E-state index < -0.39 is 0 Å². The Labute approximate surface area is 125 Å². The molecule has 0 fully saturated rings. The maximum absolute atomic E-state index is 8.89. The van der Waals surface area contributed by atoms with Crippen molar-refractivity contribution in [3.63, 3.8) is 0 Å². The third-order valence-corrected chi connectivity index (χ3v) is 3.26. The Morgan fingerprint density at radius 1 is 1.24 bits per heavy atom. The molecule has 0 atom stereocenters. The zero-order valence-electron chi connectivity index (χ0n) is 12.3. The van der Waals surface area contributed by atoms with Gasteiger partial charge in [-0.1, -0.05) is 6.07 Å². The van der Waals surface area contributed by atoms with Crippen molar-refractivity contribution >= 4 is 5.69 Å². The predicted octanol–water partition coefficient (Wildman–Crippen LogP) is 2.85. The van der Waals surface area contributed by atoms with E-state index in [2.05, 4.69) is 27.8 Å². The van der Waals surface area contributed by atoms with Crippen LogP contribution >= 0.6 is 0 Å². The first kappa shape index (κ1) is 15.0. The summed E-state index contributed by atoms with van der Waals surface area (Å²) >= 11 is 0. The molecule has 108 valence electrons. The summed E-state index contributed by atoms with van der Waals surface area (Å²) in [7, 11) is 0. The molecule has 0 unspecified atom stereocenters. The molecule has 2 aromatic rings. The van der Waals surface area contributed by atoms with Gasteiger partial charge in [0.1, 0.15) is 0 Å². The number of nitrogens with one attached hydrogen (secondary N) is 2. The molecule has 2 rings (SSSR count). The number of nitrogens with zero attached hydrogens (tertiary/aromatic N) is 2. The van der Waals surface area contributed by atoms with Crippen molar-refractivity contribution < 1.29 is 0 Å². The lowest BCUT2D eigenvalue weighted by Gasteiger charge is -2.08. The summed E-state index contributed by atoms with van der Waals surface area (Å²) in [5, 5.41) is 15.7. The minimum atomic E-state index is 0.735. The van der Waals surface area contributed by atoms with Crippen molar-refractivity contribution in [3.8, 4) is 6.07 Å². The maximum atomic E-state index is 8.89. The maximum Gasteiger partial charge on any atom is 0.0994 e. The van der Waals surface area contributed by atoms with Crippen LogP contribution < -0.4 is 10.6 Å². The first-order chi connectivity index (χ1) is 10.3. The lowest BCUT2D eigenvalue weighted by atomic mass is 10.1. The molecule has 4 heteroatoms. The van der Waals surface area contributed by atoms with E-state index in [0.717, 1.165) is 42.9 Å². The monoisotopic (exact) mass is 280 g/mol. The van der Waals surface area contributed by atoms with Crippen molar-refractivity contribution in [2.75, 3.05) is 18.4 Å². The van der Waals surface area contributed by atoms with Crippen LogP contribution in [0.4, 0.5) is 5.69 Å². The van der Waals surface area contributed by atoms with Gasteiger partial charge in [-0.25, -0.2) is 0 Å². The molecule has 1 aromatic heterocycles. The Bertz CT molecular complexity index is 602. The van der Waals surface area contributed by atoms with Crippen LogP contribution in [0.25, 0.3) is 0 Å². The van der Waals surface area contributed by atoms with E-state index in [1.807, 2.05) is 37.4 Å². The first-order valence-electron chi connectivity index (χ1n) is 7.14. The van der Waals surface area contributed by atoms with Crippen LogP contribution in [0.15, 0.2) is 42.7 Å². The van der Waals surface area contributed by atoms with Crippen molar-refractivity contribution in [1.82, 2.24) is 10.3 Å². The molecule has 0 saturated carbocycles. The van der Waals surface area contributed by atoms with Crippen LogP contribution in [0.1, 0.15) is 23.1 Å². The molecule has 0 aliphatic carbocycles.